The smallest absolute Gasteiger partial charge is 0.0407 e. The van der Waals surface area contributed by atoms with Gasteiger partial charge in [0.05, 0.1) is 0 Å². The second kappa shape index (κ2) is 5.19. The first-order chi connectivity index (χ1) is 8.80. The first kappa shape index (κ1) is 14.4. The second-order valence-electron chi connectivity index (χ2n) is 7.32. The van der Waals surface area contributed by atoms with Gasteiger partial charge in [0, 0.05) is 18.8 Å². The van der Waals surface area contributed by atoms with Gasteiger partial charge in [-0.15, -0.1) is 0 Å². The maximum Gasteiger partial charge on any atom is 0.0407 e. The Bertz CT molecular complexity index is 445. The molecule has 1 saturated heterocycles. The molecule has 0 spiro atoms. The normalized spacial score (nSPS) is 16.5. The molecule has 1 heteroatoms. The van der Waals surface area contributed by atoms with E-state index in [4.69, 9.17) is 0 Å². The van der Waals surface area contributed by atoms with Gasteiger partial charge in [-0.1, -0.05) is 40.7 Å². The first-order valence-electron chi connectivity index (χ1n) is 7.70. The highest BCUT2D eigenvalue weighted by Crippen LogP contribution is 2.37. The fourth-order valence-electron chi connectivity index (χ4n) is 3.16. The minimum Gasteiger partial charge on any atom is -0.371 e. The fourth-order valence-corrected chi connectivity index (χ4v) is 3.16. The van der Waals surface area contributed by atoms with Gasteiger partial charge in [0.1, 0.15) is 0 Å². The Labute approximate surface area is 119 Å². The van der Waals surface area contributed by atoms with E-state index < -0.39 is 0 Å². The molecule has 2 rings (SSSR count). The van der Waals surface area contributed by atoms with Gasteiger partial charge in [0.25, 0.3) is 0 Å². The van der Waals surface area contributed by atoms with Crippen molar-refractivity contribution in [2.75, 3.05) is 18.0 Å². The van der Waals surface area contributed by atoms with Gasteiger partial charge in [0.15, 0.2) is 0 Å². The molecule has 1 aromatic carbocycles. The largest absolute Gasteiger partial charge is 0.371 e. The van der Waals surface area contributed by atoms with Gasteiger partial charge in [0.2, 0.25) is 0 Å². The van der Waals surface area contributed by atoms with E-state index in [1.165, 1.54) is 48.3 Å². The van der Waals surface area contributed by atoms with E-state index in [1.807, 2.05) is 0 Å². The van der Waals surface area contributed by atoms with Crippen LogP contribution in [-0.2, 0) is 5.41 Å². The summed E-state index contributed by atoms with van der Waals surface area (Å²) in [4.78, 5) is 2.59. The summed E-state index contributed by atoms with van der Waals surface area (Å²) in [5.74, 6) is 0.607. The van der Waals surface area contributed by atoms with E-state index in [2.05, 4.69) is 58.6 Å². The third kappa shape index (κ3) is 2.96. The molecule has 0 atom stereocenters. The number of nitrogens with zero attached hydrogens (tertiary/aromatic N) is 1. The molecule has 1 nitrogen and oxygen atoms in total. The molecule has 0 amide bonds. The quantitative estimate of drug-likeness (QED) is 0.721. The number of rotatable bonds is 2. The van der Waals surface area contributed by atoms with E-state index in [1.54, 1.807) is 0 Å². The molecule has 0 radical (unpaired) electrons. The minimum absolute atomic E-state index is 0.220. The van der Waals surface area contributed by atoms with Crippen LogP contribution in [0.3, 0.4) is 0 Å². The third-order valence-electron chi connectivity index (χ3n) is 4.26. The van der Waals surface area contributed by atoms with Crippen LogP contribution < -0.4 is 4.90 Å². The van der Waals surface area contributed by atoms with Crippen molar-refractivity contribution in [2.45, 2.75) is 65.7 Å². The average molecular weight is 259 g/mol. The summed E-state index contributed by atoms with van der Waals surface area (Å²) in [6.45, 7) is 16.3. The molecule has 0 unspecified atom stereocenters. The zero-order valence-electron chi connectivity index (χ0n) is 13.5. The van der Waals surface area contributed by atoms with E-state index in [0.29, 0.717) is 5.92 Å². The Morgan fingerprint density at radius 3 is 2.11 bits per heavy atom. The number of anilines is 1. The van der Waals surface area contributed by atoms with Crippen molar-refractivity contribution in [1.29, 1.82) is 0 Å². The predicted octanol–water partition coefficient (Wildman–Crippen LogP) is 5.02. The molecule has 0 saturated carbocycles. The summed E-state index contributed by atoms with van der Waals surface area (Å²) in [7, 11) is 0. The first-order valence-corrected chi connectivity index (χ1v) is 7.70. The van der Waals surface area contributed by atoms with Crippen molar-refractivity contribution in [1.82, 2.24) is 0 Å². The molecule has 1 aliphatic rings. The molecule has 106 valence electrons. The van der Waals surface area contributed by atoms with Crippen molar-refractivity contribution in [2.24, 2.45) is 0 Å². The lowest BCUT2D eigenvalue weighted by atomic mass is 9.82. The number of hydrogen-bond acceptors (Lipinski definition) is 1. The van der Waals surface area contributed by atoms with Crippen LogP contribution in [0.25, 0.3) is 0 Å². The summed E-state index contributed by atoms with van der Waals surface area (Å²) >= 11 is 0. The molecule has 1 fully saturated rings. The molecule has 0 aromatic heterocycles. The zero-order chi connectivity index (χ0) is 14.2. The van der Waals surface area contributed by atoms with E-state index >= 15 is 0 Å². The maximum absolute atomic E-state index is 2.59. The van der Waals surface area contributed by atoms with Gasteiger partial charge in [-0.3, -0.25) is 0 Å². The Morgan fingerprint density at radius 1 is 1.05 bits per heavy atom. The molecule has 1 aliphatic heterocycles. The maximum atomic E-state index is 2.59. The van der Waals surface area contributed by atoms with Crippen LogP contribution >= 0.6 is 0 Å². The van der Waals surface area contributed by atoms with Gasteiger partial charge >= 0.3 is 0 Å². The monoisotopic (exact) mass is 259 g/mol. The van der Waals surface area contributed by atoms with Crippen LogP contribution in [0.5, 0.6) is 0 Å². The highest BCUT2D eigenvalue weighted by Gasteiger charge is 2.24. The van der Waals surface area contributed by atoms with Crippen molar-refractivity contribution in [3.8, 4) is 0 Å². The molecule has 0 bridgehead atoms. The lowest BCUT2D eigenvalue weighted by Crippen LogP contribution is -2.24. The predicted molar refractivity (Wildman–Crippen MR) is 85.4 cm³/mol. The molecule has 0 aliphatic carbocycles. The van der Waals surface area contributed by atoms with Crippen molar-refractivity contribution in [3.05, 3.63) is 28.8 Å². The van der Waals surface area contributed by atoms with Crippen LogP contribution in [0.4, 0.5) is 5.69 Å². The van der Waals surface area contributed by atoms with Crippen LogP contribution in [0.1, 0.15) is 70.1 Å². The van der Waals surface area contributed by atoms with Gasteiger partial charge < -0.3 is 4.90 Å². The van der Waals surface area contributed by atoms with Crippen LogP contribution in [0.2, 0.25) is 0 Å². The van der Waals surface area contributed by atoms with Crippen LogP contribution in [0, 0.1) is 6.92 Å². The number of hydrogen-bond donors (Lipinski definition) is 0. The molecule has 0 N–H and O–H groups in total. The second-order valence-corrected chi connectivity index (χ2v) is 7.32. The number of aryl methyl sites for hydroxylation is 1. The average Bonchev–Trinajstić information content (AvgIpc) is 2.80. The van der Waals surface area contributed by atoms with E-state index in [-0.39, 0.29) is 5.41 Å². The SMILES string of the molecule is Cc1cc(C(C)(C)C)c(N2CCCC2)cc1C(C)C. The number of benzene rings is 1. The van der Waals surface area contributed by atoms with Crippen molar-refractivity contribution in [3.63, 3.8) is 0 Å². The summed E-state index contributed by atoms with van der Waals surface area (Å²) < 4.78 is 0. The molecule has 1 aromatic rings. The Kier molecular flexibility index (Phi) is 3.94. The van der Waals surface area contributed by atoms with Gasteiger partial charge in [-0.05, 0) is 53.9 Å². The molecule has 1 heterocycles. The van der Waals surface area contributed by atoms with E-state index in [0.717, 1.165) is 0 Å². The highest BCUT2D eigenvalue weighted by molar-refractivity contribution is 5.61. The summed E-state index contributed by atoms with van der Waals surface area (Å²) in [5.41, 5.74) is 6.17. The molecule has 19 heavy (non-hydrogen) atoms. The summed E-state index contributed by atoms with van der Waals surface area (Å²) in [6, 6.07) is 4.90. The summed E-state index contributed by atoms with van der Waals surface area (Å²) in [6.07, 6.45) is 2.68. The zero-order valence-corrected chi connectivity index (χ0v) is 13.5. The Hall–Kier alpha value is -0.980. The van der Waals surface area contributed by atoms with Gasteiger partial charge in [-0.25, -0.2) is 0 Å². The van der Waals surface area contributed by atoms with Crippen LogP contribution in [0.15, 0.2) is 12.1 Å². The third-order valence-corrected chi connectivity index (χ3v) is 4.26. The lowest BCUT2D eigenvalue weighted by molar-refractivity contribution is 0.587. The van der Waals surface area contributed by atoms with Gasteiger partial charge in [-0.2, -0.15) is 0 Å². The minimum atomic E-state index is 0.220. The van der Waals surface area contributed by atoms with Crippen molar-refractivity contribution >= 4 is 5.69 Å². The van der Waals surface area contributed by atoms with Crippen LogP contribution in [-0.4, -0.2) is 13.1 Å². The van der Waals surface area contributed by atoms with Crippen molar-refractivity contribution < 1.29 is 0 Å². The Balaban J connectivity index is 2.55. The Morgan fingerprint density at radius 2 is 1.63 bits per heavy atom. The topological polar surface area (TPSA) is 3.24 Å². The van der Waals surface area contributed by atoms with E-state index in [9.17, 15) is 0 Å². The molecular formula is C18H29N. The standard InChI is InChI=1S/C18H29N/c1-13(2)15-12-17(19-9-7-8-10-19)16(11-14(15)3)18(4,5)6/h11-13H,7-10H2,1-6H3. The lowest BCUT2D eigenvalue weighted by Gasteiger charge is -2.30. The molecular weight excluding hydrogens is 230 g/mol. The summed E-state index contributed by atoms with van der Waals surface area (Å²) in [5, 5.41) is 0. The fraction of sp³-hybridized carbons (Fsp3) is 0.667. The highest BCUT2D eigenvalue weighted by atomic mass is 15.1.